The van der Waals surface area contributed by atoms with Crippen molar-refractivity contribution in [3.05, 3.63) is 33.7 Å². The van der Waals surface area contributed by atoms with E-state index in [0.717, 1.165) is 44.7 Å². The summed E-state index contributed by atoms with van der Waals surface area (Å²) < 4.78 is 1.55. The second kappa shape index (κ2) is 11.4. The predicted molar refractivity (Wildman–Crippen MR) is 122 cm³/mol. The molecule has 0 unspecified atom stereocenters. The molecule has 0 saturated carbocycles. The van der Waals surface area contributed by atoms with Crippen LogP contribution in [-0.4, -0.2) is 75.2 Å². The number of carbonyl (C=O) groups excluding carboxylic acids is 2. The molecular formula is C22H33N5O3S. The normalized spacial score (nSPS) is 14.8. The minimum absolute atomic E-state index is 0.0546. The molecule has 9 heteroatoms. The van der Waals surface area contributed by atoms with E-state index in [1.54, 1.807) is 16.7 Å². The smallest absolute Gasteiger partial charge is 0.258 e. The Kier molecular flexibility index (Phi) is 8.60. The molecular weight excluding hydrogens is 414 g/mol. The van der Waals surface area contributed by atoms with Gasteiger partial charge < -0.3 is 9.80 Å². The van der Waals surface area contributed by atoms with Gasteiger partial charge in [0.25, 0.3) is 5.56 Å². The Morgan fingerprint density at radius 1 is 1.10 bits per heavy atom. The van der Waals surface area contributed by atoms with Crippen LogP contribution in [0.4, 0.5) is 0 Å². The first-order valence-corrected chi connectivity index (χ1v) is 12.1. The molecule has 0 spiro atoms. The van der Waals surface area contributed by atoms with Crippen LogP contribution >= 0.6 is 11.3 Å². The maximum Gasteiger partial charge on any atom is 0.258 e. The zero-order chi connectivity index (χ0) is 22.2. The number of nitrogens with zero attached hydrogens (tertiary/aromatic N) is 5. The number of hydrogen-bond donors (Lipinski definition) is 0. The van der Waals surface area contributed by atoms with E-state index in [1.165, 1.54) is 11.3 Å². The Morgan fingerprint density at radius 3 is 2.48 bits per heavy atom. The molecule has 1 saturated heterocycles. The molecule has 1 aliphatic heterocycles. The molecule has 0 aliphatic carbocycles. The Bertz CT molecular complexity index is 927. The first-order chi connectivity index (χ1) is 15.0. The number of rotatable bonds is 10. The lowest BCUT2D eigenvalue weighted by Gasteiger charge is -2.34. The molecule has 2 aromatic heterocycles. The first-order valence-electron chi connectivity index (χ1n) is 11.3. The summed E-state index contributed by atoms with van der Waals surface area (Å²) in [5.41, 5.74) is 0.718. The van der Waals surface area contributed by atoms with Crippen molar-refractivity contribution in [2.45, 2.75) is 52.5 Å². The Morgan fingerprint density at radius 2 is 1.81 bits per heavy atom. The minimum atomic E-state index is -0.0546. The van der Waals surface area contributed by atoms with Crippen molar-refractivity contribution in [2.24, 2.45) is 0 Å². The fourth-order valence-corrected chi connectivity index (χ4v) is 4.70. The van der Waals surface area contributed by atoms with Gasteiger partial charge in [-0.2, -0.15) is 0 Å². The summed E-state index contributed by atoms with van der Waals surface area (Å²) in [6.45, 7) is 9.23. The minimum Gasteiger partial charge on any atom is -0.343 e. The molecule has 0 N–H and O–H groups in total. The highest BCUT2D eigenvalue weighted by Gasteiger charge is 2.22. The third kappa shape index (κ3) is 6.36. The van der Waals surface area contributed by atoms with Gasteiger partial charge >= 0.3 is 0 Å². The summed E-state index contributed by atoms with van der Waals surface area (Å²) in [5, 5.41) is 1.86. The summed E-state index contributed by atoms with van der Waals surface area (Å²) in [4.78, 5) is 48.4. The lowest BCUT2D eigenvalue weighted by Crippen LogP contribution is -2.48. The van der Waals surface area contributed by atoms with Gasteiger partial charge in [0.05, 0.1) is 5.69 Å². The van der Waals surface area contributed by atoms with E-state index in [-0.39, 0.29) is 17.4 Å². The molecule has 0 radical (unpaired) electrons. The molecule has 0 atom stereocenters. The third-order valence-electron chi connectivity index (χ3n) is 5.59. The van der Waals surface area contributed by atoms with Crippen LogP contribution in [0.2, 0.25) is 0 Å². The molecule has 1 fully saturated rings. The van der Waals surface area contributed by atoms with Gasteiger partial charge in [0.15, 0.2) is 4.96 Å². The van der Waals surface area contributed by atoms with E-state index in [4.69, 9.17) is 0 Å². The van der Waals surface area contributed by atoms with Crippen molar-refractivity contribution >= 4 is 28.1 Å². The number of piperazine rings is 1. The molecule has 3 rings (SSSR count). The van der Waals surface area contributed by atoms with Gasteiger partial charge in [0.2, 0.25) is 11.8 Å². The molecule has 3 heterocycles. The average molecular weight is 448 g/mol. The van der Waals surface area contributed by atoms with Crippen molar-refractivity contribution in [3.63, 3.8) is 0 Å². The lowest BCUT2D eigenvalue weighted by atomic mass is 10.1. The van der Waals surface area contributed by atoms with Crippen molar-refractivity contribution in [1.29, 1.82) is 0 Å². The SMILES string of the molecule is CCCN(CCC)C(=O)CCCC(=O)N1CCN(Cc2cc(=O)n3ccsc3n2)CC1. The van der Waals surface area contributed by atoms with Gasteiger partial charge in [-0.15, -0.1) is 11.3 Å². The second-order valence-electron chi connectivity index (χ2n) is 8.03. The van der Waals surface area contributed by atoms with Crippen LogP contribution < -0.4 is 5.56 Å². The monoisotopic (exact) mass is 447 g/mol. The molecule has 8 nitrogen and oxygen atoms in total. The van der Waals surface area contributed by atoms with Crippen LogP contribution in [0.3, 0.4) is 0 Å². The van der Waals surface area contributed by atoms with E-state index < -0.39 is 0 Å². The highest BCUT2D eigenvalue weighted by Crippen LogP contribution is 2.12. The van der Waals surface area contributed by atoms with Gasteiger partial charge in [-0.3, -0.25) is 23.7 Å². The van der Waals surface area contributed by atoms with Gasteiger partial charge in [-0.25, -0.2) is 4.98 Å². The van der Waals surface area contributed by atoms with Crippen molar-refractivity contribution in [3.8, 4) is 0 Å². The zero-order valence-electron chi connectivity index (χ0n) is 18.6. The molecule has 31 heavy (non-hydrogen) atoms. The van der Waals surface area contributed by atoms with Gasteiger partial charge in [-0.1, -0.05) is 13.8 Å². The molecule has 0 aromatic carbocycles. The Hall–Kier alpha value is -2.26. The highest BCUT2D eigenvalue weighted by molar-refractivity contribution is 7.15. The van der Waals surface area contributed by atoms with Crippen LogP contribution in [0, 0.1) is 0 Å². The van der Waals surface area contributed by atoms with Crippen molar-refractivity contribution in [1.82, 2.24) is 24.1 Å². The van der Waals surface area contributed by atoms with E-state index in [1.807, 2.05) is 15.2 Å². The fraction of sp³-hybridized carbons (Fsp3) is 0.636. The van der Waals surface area contributed by atoms with Crippen LogP contribution in [0.5, 0.6) is 0 Å². The number of carbonyl (C=O) groups is 2. The number of fused-ring (bicyclic) bond motifs is 1. The molecule has 1 aliphatic rings. The second-order valence-corrected chi connectivity index (χ2v) is 8.91. The Balaban J connectivity index is 1.41. The van der Waals surface area contributed by atoms with E-state index in [0.29, 0.717) is 43.9 Å². The Labute approximate surface area is 187 Å². The van der Waals surface area contributed by atoms with Crippen LogP contribution in [0.1, 0.15) is 51.6 Å². The summed E-state index contributed by atoms with van der Waals surface area (Å²) in [5.74, 6) is 0.286. The maximum absolute atomic E-state index is 12.6. The summed E-state index contributed by atoms with van der Waals surface area (Å²) in [7, 11) is 0. The van der Waals surface area contributed by atoms with E-state index in [9.17, 15) is 14.4 Å². The molecule has 2 aromatic rings. The largest absolute Gasteiger partial charge is 0.343 e. The topological polar surface area (TPSA) is 78.2 Å². The summed E-state index contributed by atoms with van der Waals surface area (Å²) in [6, 6.07) is 1.59. The summed E-state index contributed by atoms with van der Waals surface area (Å²) in [6.07, 6.45) is 5.13. The predicted octanol–water partition coefficient (Wildman–Crippen LogP) is 2.22. The zero-order valence-corrected chi connectivity index (χ0v) is 19.4. The third-order valence-corrected chi connectivity index (χ3v) is 6.34. The number of hydrogen-bond acceptors (Lipinski definition) is 6. The highest BCUT2D eigenvalue weighted by atomic mass is 32.1. The first kappa shape index (κ1) is 23.4. The maximum atomic E-state index is 12.6. The molecule has 0 bridgehead atoms. The van der Waals surface area contributed by atoms with Crippen LogP contribution in [-0.2, 0) is 16.1 Å². The standard InChI is InChI=1S/C22H33N5O3S/c1-3-8-25(9-4-2)19(28)6-5-7-20(29)26-12-10-24(11-13-26)17-18-16-21(30)27-14-15-31-22(27)23-18/h14-16H,3-13,17H2,1-2H3. The van der Waals surface area contributed by atoms with Crippen LogP contribution in [0.15, 0.2) is 22.4 Å². The quantitative estimate of drug-likeness (QED) is 0.558. The van der Waals surface area contributed by atoms with E-state index >= 15 is 0 Å². The van der Waals surface area contributed by atoms with Gasteiger partial charge in [-0.05, 0) is 19.3 Å². The number of aromatic nitrogens is 2. The van der Waals surface area contributed by atoms with E-state index in [2.05, 4.69) is 23.7 Å². The van der Waals surface area contributed by atoms with Gasteiger partial charge in [0.1, 0.15) is 0 Å². The number of thiazole rings is 1. The van der Waals surface area contributed by atoms with Gasteiger partial charge in [0, 0.05) is 76.3 Å². The van der Waals surface area contributed by atoms with Crippen LogP contribution in [0.25, 0.3) is 4.96 Å². The molecule has 2 amide bonds. The van der Waals surface area contributed by atoms with Crippen molar-refractivity contribution in [2.75, 3.05) is 39.3 Å². The number of amides is 2. The molecule has 170 valence electrons. The fourth-order valence-electron chi connectivity index (χ4n) is 3.96. The van der Waals surface area contributed by atoms with Crippen molar-refractivity contribution < 1.29 is 9.59 Å². The lowest BCUT2D eigenvalue weighted by molar-refractivity contribution is -0.134. The average Bonchev–Trinajstić information content (AvgIpc) is 3.23. The summed E-state index contributed by atoms with van der Waals surface area (Å²) >= 11 is 1.45.